The van der Waals surface area contributed by atoms with Crippen molar-refractivity contribution in [3.05, 3.63) is 0 Å². The van der Waals surface area contributed by atoms with Crippen LogP contribution < -0.4 is 10.6 Å². The summed E-state index contributed by atoms with van der Waals surface area (Å²) in [4.78, 5) is 22.3. The molecule has 1 aliphatic carbocycles. The molecule has 2 atom stereocenters. The molecule has 0 heterocycles. The summed E-state index contributed by atoms with van der Waals surface area (Å²) in [6.45, 7) is 5.99. The van der Waals surface area contributed by atoms with Crippen LogP contribution >= 0.6 is 0 Å². The molecule has 1 rings (SSSR count). The molecule has 1 saturated carbocycles. The second-order valence-electron chi connectivity index (χ2n) is 5.19. The Labute approximate surface area is 102 Å². The van der Waals surface area contributed by atoms with Crippen molar-refractivity contribution >= 4 is 12.0 Å². The SMILES string of the molecule is CC(C)C(C)NC(=O)NC(CC(=O)O)C1CC1. The van der Waals surface area contributed by atoms with Crippen molar-refractivity contribution < 1.29 is 14.7 Å². The summed E-state index contributed by atoms with van der Waals surface area (Å²) in [5, 5.41) is 14.4. The predicted octanol–water partition coefficient (Wildman–Crippen LogP) is 1.58. The van der Waals surface area contributed by atoms with Crippen molar-refractivity contribution in [2.45, 2.75) is 52.1 Å². The Morgan fingerprint density at radius 1 is 1.24 bits per heavy atom. The van der Waals surface area contributed by atoms with Crippen LogP contribution in [0.3, 0.4) is 0 Å². The fourth-order valence-corrected chi connectivity index (χ4v) is 1.61. The lowest BCUT2D eigenvalue weighted by molar-refractivity contribution is -0.137. The van der Waals surface area contributed by atoms with Crippen LogP contribution in [0.1, 0.15) is 40.0 Å². The van der Waals surface area contributed by atoms with E-state index >= 15 is 0 Å². The lowest BCUT2D eigenvalue weighted by atomic mass is 10.1. The van der Waals surface area contributed by atoms with Gasteiger partial charge in [0.2, 0.25) is 0 Å². The summed E-state index contributed by atoms with van der Waals surface area (Å²) in [5.41, 5.74) is 0. The molecule has 2 amide bonds. The van der Waals surface area contributed by atoms with Gasteiger partial charge in [-0.15, -0.1) is 0 Å². The Bertz CT molecular complexity index is 287. The molecular weight excluding hydrogens is 220 g/mol. The fraction of sp³-hybridized carbons (Fsp3) is 0.833. The first kappa shape index (κ1) is 13.8. The minimum Gasteiger partial charge on any atom is -0.481 e. The summed E-state index contributed by atoms with van der Waals surface area (Å²) in [7, 11) is 0. The van der Waals surface area contributed by atoms with Gasteiger partial charge in [-0.05, 0) is 31.6 Å². The molecule has 0 aromatic carbocycles. The third-order valence-corrected chi connectivity index (χ3v) is 3.26. The van der Waals surface area contributed by atoms with Gasteiger partial charge >= 0.3 is 12.0 Å². The number of hydrogen-bond donors (Lipinski definition) is 3. The van der Waals surface area contributed by atoms with Crippen LogP contribution in [-0.2, 0) is 4.79 Å². The topological polar surface area (TPSA) is 78.4 Å². The Morgan fingerprint density at radius 3 is 2.24 bits per heavy atom. The first-order valence-corrected chi connectivity index (χ1v) is 6.19. The van der Waals surface area contributed by atoms with Gasteiger partial charge in [0.1, 0.15) is 0 Å². The van der Waals surface area contributed by atoms with Crippen LogP contribution in [0.4, 0.5) is 4.79 Å². The zero-order chi connectivity index (χ0) is 13.0. The third-order valence-electron chi connectivity index (χ3n) is 3.26. The molecule has 3 N–H and O–H groups in total. The Kier molecular flexibility index (Phi) is 4.78. The second kappa shape index (κ2) is 5.89. The molecule has 17 heavy (non-hydrogen) atoms. The van der Waals surface area contributed by atoms with Crippen molar-refractivity contribution in [2.24, 2.45) is 11.8 Å². The van der Waals surface area contributed by atoms with Crippen molar-refractivity contribution in [3.63, 3.8) is 0 Å². The molecule has 5 nitrogen and oxygen atoms in total. The third kappa shape index (κ3) is 5.06. The van der Waals surface area contributed by atoms with Crippen LogP contribution in [0.5, 0.6) is 0 Å². The van der Waals surface area contributed by atoms with Crippen LogP contribution in [0, 0.1) is 11.8 Å². The summed E-state index contributed by atoms with van der Waals surface area (Å²) < 4.78 is 0. The van der Waals surface area contributed by atoms with Gasteiger partial charge in [0.05, 0.1) is 6.42 Å². The Balaban J connectivity index is 2.38. The van der Waals surface area contributed by atoms with E-state index in [0.29, 0.717) is 11.8 Å². The van der Waals surface area contributed by atoms with E-state index in [1.165, 1.54) is 0 Å². The maximum absolute atomic E-state index is 11.7. The van der Waals surface area contributed by atoms with E-state index in [1.807, 2.05) is 20.8 Å². The largest absolute Gasteiger partial charge is 0.481 e. The maximum atomic E-state index is 11.7. The average Bonchev–Trinajstić information content (AvgIpc) is 2.98. The average molecular weight is 242 g/mol. The van der Waals surface area contributed by atoms with Gasteiger partial charge in [0.25, 0.3) is 0 Å². The number of carboxylic acid groups (broad SMARTS) is 1. The van der Waals surface area contributed by atoms with E-state index in [9.17, 15) is 9.59 Å². The van der Waals surface area contributed by atoms with E-state index in [0.717, 1.165) is 12.8 Å². The highest BCUT2D eigenvalue weighted by molar-refractivity contribution is 5.76. The Morgan fingerprint density at radius 2 is 1.82 bits per heavy atom. The van der Waals surface area contributed by atoms with E-state index in [4.69, 9.17) is 5.11 Å². The number of amides is 2. The van der Waals surface area contributed by atoms with E-state index < -0.39 is 5.97 Å². The molecule has 0 aromatic rings. The van der Waals surface area contributed by atoms with E-state index in [1.54, 1.807) is 0 Å². The van der Waals surface area contributed by atoms with Crippen LogP contribution in [0.2, 0.25) is 0 Å². The number of hydrogen-bond acceptors (Lipinski definition) is 2. The highest BCUT2D eigenvalue weighted by Gasteiger charge is 2.33. The molecule has 0 radical (unpaired) electrons. The molecule has 0 aliphatic heterocycles. The zero-order valence-corrected chi connectivity index (χ0v) is 10.7. The second-order valence-corrected chi connectivity index (χ2v) is 5.19. The van der Waals surface area contributed by atoms with E-state index in [-0.39, 0.29) is 24.5 Å². The van der Waals surface area contributed by atoms with Gasteiger partial charge in [-0.25, -0.2) is 4.79 Å². The number of urea groups is 1. The normalized spacial score (nSPS) is 18.6. The molecule has 0 spiro atoms. The number of carbonyl (C=O) groups excluding carboxylic acids is 1. The fourth-order valence-electron chi connectivity index (χ4n) is 1.61. The maximum Gasteiger partial charge on any atom is 0.315 e. The first-order chi connectivity index (χ1) is 7.90. The van der Waals surface area contributed by atoms with Gasteiger partial charge < -0.3 is 15.7 Å². The zero-order valence-electron chi connectivity index (χ0n) is 10.7. The first-order valence-electron chi connectivity index (χ1n) is 6.19. The number of rotatable bonds is 6. The molecule has 0 aromatic heterocycles. The molecule has 0 saturated heterocycles. The van der Waals surface area contributed by atoms with Crippen molar-refractivity contribution in [3.8, 4) is 0 Å². The molecule has 2 unspecified atom stereocenters. The van der Waals surface area contributed by atoms with Gasteiger partial charge in [-0.2, -0.15) is 0 Å². The molecule has 0 bridgehead atoms. The molecule has 98 valence electrons. The molecule has 1 fully saturated rings. The van der Waals surface area contributed by atoms with Crippen LogP contribution in [0.25, 0.3) is 0 Å². The quantitative estimate of drug-likeness (QED) is 0.661. The molecule has 5 heteroatoms. The van der Waals surface area contributed by atoms with E-state index in [2.05, 4.69) is 10.6 Å². The minimum absolute atomic E-state index is 0.00808. The van der Waals surface area contributed by atoms with Crippen molar-refractivity contribution in [2.75, 3.05) is 0 Å². The van der Waals surface area contributed by atoms with Gasteiger partial charge in [0, 0.05) is 12.1 Å². The molecular formula is C12H22N2O3. The summed E-state index contributed by atoms with van der Waals surface area (Å²) in [5.74, 6) is -0.162. The van der Waals surface area contributed by atoms with Gasteiger partial charge in [0.15, 0.2) is 0 Å². The summed E-state index contributed by atoms with van der Waals surface area (Å²) >= 11 is 0. The highest BCUT2D eigenvalue weighted by atomic mass is 16.4. The van der Waals surface area contributed by atoms with Crippen LogP contribution in [0.15, 0.2) is 0 Å². The number of carbonyl (C=O) groups is 2. The number of aliphatic carboxylic acids is 1. The summed E-state index contributed by atoms with van der Waals surface area (Å²) in [6, 6.07) is -0.407. The smallest absolute Gasteiger partial charge is 0.315 e. The van der Waals surface area contributed by atoms with Crippen molar-refractivity contribution in [1.82, 2.24) is 10.6 Å². The van der Waals surface area contributed by atoms with Crippen LogP contribution in [-0.4, -0.2) is 29.2 Å². The molecule has 1 aliphatic rings. The monoisotopic (exact) mass is 242 g/mol. The minimum atomic E-state index is -0.862. The number of nitrogens with one attached hydrogen (secondary N) is 2. The lowest BCUT2D eigenvalue weighted by Gasteiger charge is -2.21. The number of carboxylic acids is 1. The summed E-state index contributed by atoms with van der Waals surface area (Å²) in [6.07, 6.45) is 2.03. The van der Waals surface area contributed by atoms with Gasteiger partial charge in [-0.1, -0.05) is 13.8 Å². The predicted molar refractivity (Wildman–Crippen MR) is 64.7 cm³/mol. The highest BCUT2D eigenvalue weighted by Crippen LogP contribution is 2.33. The standard InChI is InChI=1S/C12H22N2O3/c1-7(2)8(3)13-12(17)14-10(6-11(15)16)9-4-5-9/h7-10H,4-6H2,1-3H3,(H,15,16)(H2,13,14,17). The lowest BCUT2D eigenvalue weighted by Crippen LogP contribution is -2.48. The van der Waals surface area contributed by atoms with Gasteiger partial charge in [-0.3, -0.25) is 4.79 Å². The Hall–Kier alpha value is -1.26. The van der Waals surface area contributed by atoms with Crippen molar-refractivity contribution in [1.29, 1.82) is 0 Å².